The van der Waals surface area contributed by atoms with Gasteiger partial charge in [0, 0.05) is 48.3 Å². The molecule has 0 aliphatic carbocycles. The Morgan fingerprint density at radius 1 is 1.12 bits per heavy atom. The van der Waals surface area contributed by atoms with E-state index in [2.05, 4.69) is 25.2 Å². The fourth-order valence-electron chi connectivity index (χ4n) is 3.13. The number of thiazole rings is 1. The second kappa shape index (κ2) is 7.61. The molecule has 0 radical (unpaired) electrons. The molecule has 1 unspecified atom stereocenters. The lowest BCUT2D eigenvalue weighted by atomic mass is 9.97. The van der Waals surface area contributed by atoms with E-state index in [9.17, 15) is 4.79 Å². The van der Waals surface area contributed by atoms with E-state index in [1.54, 1.807) is 36.0 Å². The minimum absolute atomic E-state index is 0.0487. The van der Waals surface area contributed by atoms with Gasteiger partial charge in [0.2, 0.25) is 11.9 Å². The molecule has 3 aromatic rings. The highest BCUT2D eigenvalue weighted by Crippen LogP contribution is 2.25. The van der Waals surface area contributed by atoms with Crippen molar-refractivity contribution in [1.82, 2.24) is 15.0 Å². The Morgan fingerprint density at radius 2 is 1.92 bits per heavy atom. The number of benzene rings is 1. The van der Waals surface area contributed by atoms with E-state index in [1.165, 1.54) is 0 Å². The summed E-state index contributed by atoms with van der Waals surface area (Å²) < 4.78 is 0. The molecule has 1 fully saturated rings. The molecule has 1 N–H and O–H groups in total. The number of rotatable bonds is 4. The van der Waals surface area contributed by atoms with Crippen molar-refractivity contribution in [3.63, 3.8) is 0 Å². The normalized spacial score (nSPS) is 17.1. The number of carbonyl (C=O) groups excluding carboxylic acids is 1. The molecule has 1 aliphatic heterocycles. The molecule has 26 heavy (non-hydrogen) atoms. The molecule has 3 heterocycles. The third-order valence-electron chi connectivity index (χ3n) is 4.46. The van der Waals surface area contributed by atoms with E-state index in [0.29, 0.717) is 12.5 Å². The lowest BCUT2D eigenvalue weighted by Crippen LogP contribution is -2.41. The van der Waals surface area contributed by atoms with Crippen LogP contribution in [0.25, 0.3) is 10.6 Å². The number of nitrogens with zero attached hydrogens (tertiary/aromatic N) is 4. The summed E-state index contributed by atoms with van der Waals surface area (Å²) in [6.07, 6.45) is 7.10. The van der Waals surface area contributed by atoms with Crippen LogP contribution in [-0.2, 0) is 4.79 Å². The standard InChI is InChI=1S/C19H19N5OS/c25-17(15-3-1-11-24(13-15)19-21-8-2-9-22-19)23-16-6-4-14(5-7-16)18-20-10-12-26-18/h2,4-10,12,15H,1,3,11,13H2,(H,23,25). The van der Waals surface area contributed by atoms with Crippen molar-refractivity contribution in [3.05, 3.63) is 54.3 Å². The number of amides is 1. The average molecular weight is 365 g/mol. The summed E-state index contributed by atoms with van der Waals surface area (Å²) in [6.45, 7) is 1.53. The van der Waals surface area contributed by atoms with E-state index >= 15 is 0 Å². The SMILES string of the molecule is O=C(Nc1ccc(-c2nccs2)cc1)C1CCCN(c2ncccn2)C1. The fourth-order valence-corrected chi connectivity index (χ4v) is 3.78. The van der Waals surface area contributed by atoms with Crippen LogP contribution in [0.1, 0.15) is 12.8 Å². The molecule has 2 aromatic heterocycles. The molecule has 1 atom stereocenters. The van der Waals surface area contributed by atoms with Crippen LogP contribution in [0, 0.1) is 5.92 Å². The molecule has 1 aliphatic rings. The van der Waals surface area contributed by atoms with Gasteiger partial charge in [0.1, 0.15) is 5.01 Å². The average Bonchev–Trinajstić information content (AvgIpc) is 3.24. The van der Waals surface area contributed by atoms with Crippen molar-refractivity contribution in [2.45, 2.75) is 12.8 Å². The second-order valence-corrected chi connectivity index (χ2v) is 7.13. The first-order chi connectivity index (χ1) is 12.8. The summed E-state index contributed by atoms with van der Waals surface area (Å²) in [5.41, 5.74) is 1.87. The molecule has 0 saturated carbocycles. The molecular formula is C19H19N5OS. The van der Waals surface area contributed by atoms with Crippen LogP contribution in [-0.4, -0.2) is 33.9 Å². The van der Waals surface area contributed by atoms with Crippen molar-refractivity contribution in [2.75, 3.05) is 23.3 Å². The Labute approximate surface area is 155 Å². The lowest BCUT2D eigenvalue weighted by molar-refractivity contribution is -0.120. The molecule has 1 saturated heterocycles. The van der Waals surface area contributed by atoms with E-state index in [1.807, 2.05) is 29.6 Å². The minimum atomic E-state index is -0.0637. The van der Waals surface area contributed by atoms with Crippen LogP contribution in [0.15, 0.2) is 54.3 Å². The molecule has 0 spiro atoms. The number of carbonyl (C=O) groups is 1. The fraction of sp³-hybridized carbons (Fsp3) is 0.263. The van der Waals surface area contributed by atoms with E-state index in [-0.39, 0.29) is 11.8 Å². The maximum atomic E-state index is 12.7. The second-order valence-electron chi connectivity index (χ2n) is 6.24. The smallest absolute Gasteiger partial charge is 0.229 e. The molecule has 7 heteroatoms. The van der Waals surface area contributed by atoms with E-state index in [4.69, 9.17) is 0 Å². The number of nitrogens with one attached hydrogen (secondary N) is 1. The molecule has 1 aromatic carbocycles. The van der Waals surface area contributed by atoms with Gasteiger partial charge in [-0.1, -0.05) is 0 Å². The Kier molecular flexibility index (Phi) is 4.88. The van der Waals surface area contributed by atoms with Gasteiger partial charge in [0.15, 0.2) is 0 Å². The summed E-state index contributed by atoms with van der Waals surface area (Å²) in [4.78, 5) is 27.6. The maximum Gasteiger partial charge on any atom is 0.229 e. The Balaban J connectivity index is 1.40. The van der Waals surface area contributed by atoms with Gasteiger partial charge in [0.25, 0.3) is 0 Å². The number of hydrogen-bond donors (Lipinski definition) is 1. The molecule has 6 nitrogen and oxygen atoms in total. The van der Waals surface area contributed by atoms with Gasteiger partial charge in [-0.05, 0) is 43.2 Å². The zero-order valence-electron chi connectivity index (χ0n) is 14.2. The van der Waals surface area contributed by atoms with E-state index < -0.39 is 0 Å². The van der Waals surface area contributed by atoms with Gasteiger partial charge >= 0.3 is 0 Å². The number of aromatic nitrogens is 3. The minimum Gasteiger partial charge on any atom is -0.340 e. The first kappa shape index (κ1) is 16.7. The third kappa shape index (κ3) is 3.72. The van der Waals surface area contributed by atoms with Gasteiger partial charge in [-0.25, -0.2) is 15.0 Å². The lowest BCUT2D eigenvalue weighted by Gasteiger charge is -2.31. The van der Waals surface area contributed by atoms with Crippen LogP contribution in [0.2, 0.25) is 0 Å². The predicted octanol–water partition coefficient (Wildman–Crippen LogP) is 3.46. The van der Waals surface area contributed by atoms with Crippen molar-refractivity contribution in [2.24, 2.45) is 5.92 Å². The van der Waals surface area contributed by atoms with Gasteiger partial charge < -0.3 is 10.2 Å². The van der Waals surface area contributed by atoms with Gasteiger partial charge in [-0.3, -0.25) is 4.79 Å². The molecule has 4 rings (SSSR count). The van der Waals surface area contributed by atoms with Crippen LogP contribution in [0.5, 0.6) is 0 Å². The topological polar surface area (TPSA) is 71.0 Å². The number of anilines is 2. The van der Waals surface area contributed by atoms with Gasteiger partial charge in [-0.15, -0.1) is 11.3 Å². The molecular weight excluding hydrogens is 346 g/mol. The highest BCUT2D eigenvalue weighted by molar-refractivity contribution is 7.13. The summed E-state index contributed by atoms with van der Waals surface area (Å²) in [6, 6.07) is 9.62. The largest absolute Gasteiger partial charge is 0.340 e. The van der Waals surface area contributed by atoms with Gasteiger partial charge in [-0.2, -0.15) is 0 Å². The van der Waals surface area contributed by atoms with Crippen molar-refractivity contribution in [3.8, 4) is 10.6 Å². The predicted molar refractivity (Wildman–Crippen MR) is 103 cm³/mol. The van der Waals surface area contributed by atoms with Crippen molar-refractivity contribution < 1.29 is 4.79 Å². The third-order valence-corrected chi connectivity index (χ3v) is 5.28. The zero-order chi connectivity index (χ0) is 17.8. The summed E-state index contributed by atoms with van der Waals surface area (Å²) >= 11 is 1.60. The van der Waals surface area contributed by atoms with Crippen LogP contribution < -0.4 is 10.2 Å². The van der Waals surface area contributed by atoms with Gasteiger partial charge in [0.05, 0.1) is 5.92 Å². The van der Waals surface area contributed by atoms with Crippen LogP contribution >= 0.6 is 11.3 Å². The highest BCUT2D eigenvalue weighted by atomic mass is 32.1. The Bertz CT molecular complexity index is 851. The summed E-state index contributed by atoms with van der Waals surface area (Å²) in [5.74, 6) is 0.677. The van der Waals surface area contributed by atoms with Crippen molar-refractivity contribution >= 4 is 28.9 Å². The first-order valence-corrected chi connectivity index (χ1v) is 9.50. The first-order valence-electron chi connectivity index (χ1n) is 8.62. The number of hydrogen-bond acceptors (Lipinski definition) is 6. The van der Waals surface area contributed by atoms with Crippen molar-refractivity contribution in [1.29, 1.82) is 0 Å². The Morgan fingerprint density at radius 3 is 2.65 bits per heavy atom. The summed E-state index contributed by atoms with van der Waals surface area (Å²) in [7, 11) is 0. The molecule has 0 bridgehead atoms. The van der Waals surface area contributed by atoms with Crippen LogP contribution in [0.3, 0.4) is 0 Å². The monoisotopic (exact) mass is 365 g/mol. The molecule has 1 amide bonds. The van der Waals surface area contributed by atoms with Crippen LogP contribution in [0.4, 0.5) is 11.6 Å². The number of piperidine rings is 1. The highest BCUT2D eigenvalue weighted by Gasteiger charge is 2.27. The maximum absolute atomic E-state index is 12.7. The molecule has 132 valence electrons. The quantitative estimate of drug-likeness (QED) is 0.767. The summed E-state index contributed by atoms with van der Waals surface area (Å²) in [5, 5.41) is 5.97. The Hall–Kier alpha value is -2.80. The zero-order valence-corrected chi connectivity index (χ0v) is 15.0. The van der Waals surface area contributed by atoms with E-state index in [0.717, 1.165) is 35.6 Å².